The second kappa shape index (κ2) is 3.67. The van der Waals surface area contributed by atoms with Gasteiger partial charge in [0.1, 0.15) is 16.9 Å². The number of imidazole rings is 1. The van der Waals surface area contributed by atoms with Crippen LogP contribution in [0.2, 0.25) is 5.15 Å². The summed E-state index contributed by atoms with van der Waals surface area (Å²) in [6, 6.07) is 3.76. The van der Waals surface area contributed by atoms with Gasteiger partial charge in [-0.15, -0.1) is 0 Å². The first-order valence-electron chi connectivity index (χ1n) is 5.50. The molecule has 0 radical (unpaired) electrons. The lowest BCUT2D eigenvalue weighted by molar-refractivity contribution is 0.937. The minimum atomic E-state index is 0.482. The SMILES string of the molecule is CCc1nc(C)c2c(Cl)nc3cccnc3n12. The van der Waals surface area contributed by atoms with Crippen LogP contribution in [0.4, 0.5) is 0 Å². The van der Waals surface area contributed by atoms with Crippen molar-refractivity contribution in [1.29, 1.82) is 0 Å². The van der Waals surface area contributed by atoms with Crippen LogP contribution in [0, 0.1) is 6.92 Å². The van der Waals surface area contributed by atoms with Gasteiger partial charge in [-0.25, -0.2) is 15.0 Å². The Balaban J connectivity index is 2.62. The molecule has 3 aromatic heterocycles. The Bertz CT molecular complexity index is 717. The third-order valence-corrected chi connectivity index (χ3v) is 3.09. The molecule has 0 saturated carbocycles. The van der Waals surface area contributed by atoms with Crippen molar-refractivity contribution in [3.05, 3.63) is 35.0 Å². The zero-order valence-electron chi connectivity index (χ0n) is 9.61. The van der Waals surface area contributed by atoms with E-state index in [4.69, 9.17) is 11.6 Å². The first-order valence-corrected chi connectivity index (χ1v) is 5.88. The first kappa shape index (κ1) is 10.5. The fraction of sp³-hybridized carbons (Fsp3) is 0.250. The molecule has 4 nitrogen and oxygen atoms in total. The van der Waals surface area contributed by atoms with Gasteiger partial charge in [-0.05, 0) is 19.1 Å². The number of nitrogens with zero attached hydrogens (tertiary/aromatic N) is 4. The standard InChI is InChI=1S/C12H11ClN4/c1-3-9-15-7(2)10-11(13)16-8-5-4-6-14-12(8)17(9)10/h4-6H,3H2,1-2H3. The number of aromatic nitrogens is 4. The second-order valence-electron chi connectivity index (χ2n) is 3.90. The number of aryl methyl sites for hydroxylation is 2. The Kier molecular flexibility index (Phi) is 2.26. The third kappa shape index (κ3) is 1.41. The number of rotatable bonds is 1. The van der Waals surface area contributed by atoms with Crippen molar-refractivity contribution in [1.82, 2.24) is 19.4 Å². The molecule has 0 atom stereocenters. The molecule has 86 valence electrons. The molecular weight excluding hydrogens is 236 g/mol. The van der Waals surface area contributed by atoms with E-state index in [1.807, 2.05) is 23.5 Å². The summed E-state index contributed by atoms with van der Waals surface area (Å²) >= 11 is 6.21. The van der Waals surface area contributed by atoms with Crippen LogP contribution >= 0.6 is 11.6 Å². The van der Waals surface area contributed by atoms with E-state index in [1.54, 1.807) is 6.20 Å². The molecule has 5 heteroatoms. The first-order chi connectivity index (χ1) is 8.22. The van der Waals surface area contributed by atoms with Crippen LogP contribution in [0.15, 0.2) is 18.3 Å². The summed E-state index contributed by atoms with van der Waals surface area (Å²) in [5.74, 6) is 0.963. The molecule has 3 aromatic rings. The minimum absolute atomic E-state index is 0.482. The molecular formula is C12H11ClN4. The molecule has 0 aliphatic rings. The van der Waals surface area contributed by atoms with Gasteiger partial charge in [0.05, 0.1) is 5.69 Å². The highest BCUT2D eigenvalue weighted by Crippen LogP contribution is 2.24. The average Bonchev–Trinajstić information content (AvgIpc) is 2.67. The summed E-state index contributed by atoms with van der Waals surface area (Å²) in [6.45, 7) is 4.01. The lowest BCUT2D eigenvalue weighted by Crippen LogP contribution is -1.98. The van der Waals surface area contributed by atoms with Gasteiger partial charge in [0, 0.05) is 12.6 Å². The number of pyridine rings is 1. The number of fused-ring (bicyclic) bond motifs is 3. The highest BCUT2D eigenvalue weighted by molar-refractivity contribution is 6.33. The van der Waals surface area contributed by atoms with Crippen molar-refractivity contribution in [2.24, 2.45) is 0 Å². The maximum atomic E-state index is 6.21. The van der Waals surface area contributed by atoms with E-state index in [9.17, 15) is 0 Å². The van der Waals surface area contributed by atoms with E-state index in [-0.39, 0.29) is 0 Å². The highest BCUT2D eigenvalue weighted by Gasteiger charge is 2.14. The van der Waals surface area contributed by atoms with E-state index in [0.717, 1.165) is 34.6 Å². The summed E-state index contributed by atoms with van der Waals surface area (Å²) in [6.07, 6.45) is 2.59. The van der Waals surface area contributed by atoms with E-state index >= 15 is 0 Å². The van der Waals surface area contributed by atoms with Crippen molar-refractivity contribution >= 4 is 28.3 Å². The quantitative estimate of drug-likeness (QED) is 0.663. The lowest BCUT2D eigenvalue weighted by atomic mass is 10.3. The van der Waals surface area contributed by atoms with Gasteiger partial charge >= 0.3 is 0 Å². The fourth-order valence-corrected chi connectivity index (χ4v) is 2.41. The molecule has 0 aliphatic carbocycles. The number of hydrogen-bond acceptors (Lipinski definition) is 3. The molecule has 3 rings (SSSR count). The highest BCUT2D eigenvalue weighted by atomic mass is 35.5. The van der Waals surface area contributed by atoms with Crippen LogP contribution in [0.3, 0.4) is 0 Å². The smallest absolute Gasteiger partial charge is 0.164 e. The number of halogens is 1. The van der Waals surface area contributed by atoms with E-state index in [0.29, 0.717) is 5.15 Å². The summed E-state index contributed by atoms with van der Waals surface area (Å²) in [5.41, 5.74) is 3.35. The molecule has 0 amide bonds. The normalized spacial score (nSPS) is 11.5. The molecule has 0 spiro atoms. The van der Waals surface area contributed by atoms with Crippen LogP contribution in [-0.4, -0.2) is 19.4 Å². The summed E-state index contributed by atoms with van der Waals surface area (Å²) < 4.78 is 2.00. The van der Waals surface area contributed by atoms with Crippen molar-refractivity contribution in [2.45, 2.75) is 20.3 Å². The van der Waals surface area contributed by atoms with Gasteiger partial charge in [-0.1, -0.05) is 18.5 Å². The summed E-state index contributed by atoms with van der Waals surface area (Å²) in [5, 5.41) is 0.482. The largest absolute Gasteiger partial charge is 0.276 e. The van der Waals surface area contributed by atoms with Gasteiger partial charge in [0.15, 0.2) is 10.8 Å². The van der Waals surface area contributed by atoms with Gasteiger partial charge < -0.3 is 0 Å². The van der Waals surface area contributed by atoms with Crippen LogP contribution in [0.1, 0.15) is 18.4 Å². The minimum Gasteiger partial charge on any atom is -0.276 e. The fourth-order valence-electron chi connectivity index (χ4n) is 2.10. The van der Waals surface area contributed by atoms with Crippen LogP contribution < -0.4 is 0 Å². The lowest BCUT2D eigenvalue weighted by Gasteiger charge is -2.04. The zero-order valence-corrected chi connectivity index (χ0v) is 10.4. The third-order valence-electron chi connectivity index (χ3n) is 2.83. The molecule has 0 unspecified atom stereocenters. The Labute approximate surface area is 103 Å². The van der Waals surface area contributed by atoms with Crippen LogP contribution in [0.5, 0.6) is 0 Å². The Hall–Kier alpha value is -1.68. The Morgan fingerprint density at radius 2 is 2.18 bits per heavy atom. The molecule has 0 aliphatic heterocycles. The number of hydrogen-bond donors (Lipinski definition) is 0. The zero-order chi connectivity index (χ0) is 12.0. The van der Waals surface area contributed by atoms with Gasteiger partial charge in [-0.3, -0.25) is 4.40 Å². The maximum Gasteiger partial charge on any atom is 0.164 e. The van der Waals surface area contributed by atoms with Gasteiger partial charge in [0.25, 0.3) is 0 Å². The van der Waals surface area contributed by atoms with E-state index in [2.05, 4.69) is 21.9 Å². The van der Waals surface area contributed by atoms with E-state index in [1.165, 1.54) is 0 Å². The van der Waals surface area contributed by atoms with Crippen molar-refractivity contribution in [3.63, 3.8) is 0 Å². The maximum absolute atomic E-state index is 6.21. The Morgan fingerprint density at radius 1 is 1.35 bits per heavy atom. The molecule has 17 heavy (non-hydrogen) atoms. The van der Waals surface area contributed by atoms with Gasteiger partial charge in [-0.2, -0.15) is 0 Å². The molecule has 0 bridgehead atoms. The summed E-state index contributed by atoms with van der Waals surface area (Å²) in [4.78, 5) is 13.2. The summed E-state index contributed by atoms with van der Waals surface area (Å²) in [7, 11) is 0. The second-order valence-corrected chi connectivity index (χ2v) is 4.26. The monoisotopic (exact) mass is 246 g/mol. The van der Waals surface area contributed by atoms with Crippen LogP contribution in [-0.2, 0) is 6.42 Å². The molecule has 0 saturated heterocycles. The predicted octanol–water partition coefficient (Wildman–Crippen LogP) is 2.80. The molecule has 0 fully saturated rings. The molecule has 3 heterocycles. The van der Waals surface area contributed by atoms with Crippen LogP contribution in [0.25, 0.3) is 16.7 Å². The molecule has 0 aromatic carbocycles. The van der Waals surface area contributed by atoms with Crippen molar-refractivity contribution in [3.8, 4) is 0 Å². The topological polar surface area (TPSA) is 43.1 Å². The average molecular weight is 247 g/mol. The predicted molar refractivity (Wildman–Crippen MR) is 67.4 cm³/mol. The van der Waals surface area contributed by atoms with E-state index < -0.39 is 0 Å². The van der Waals surface area contributed by atoms with Crippen molar-refractivity contribution in [2.75, 3.05) is 0 Å². The van der Waals surface area contributed by atoms with Gasteiger partial charge in [0.2, 0.25) is 0 Å². The molecule has 0 N–H and O–H groups in total. The van der Waals surface area contributed by atoms with Crippen molar-refractivity contribution < 1.29 is 0 Å². The Morgan fingerprint density at radius 3 is 2.94 bits per heavy atom.